The molecule has 0 aliphatic heterocycles. The average molecular weight is 1010 g/mol. The summed E-state index contributed by atoms with van der Waals surface area (Å²) < 4.78 is 34.1. The van der Waals surface area contributed by atoms with E-state index in [0.29, 0.717) is 17.4 Å². The summed E-state index contributed by atoms with van der Waals surface area (Å²) in [5, 5.41) is 0. The Hall–Kier alpha value is -2.03. The van der Waals surface area contributed by atoms with Crippen LogP contribution in [0.15, 0.2) is 48.6 Å². The SMILES string of the molecule is CC/C=C\C/C=C\C/C=C\CCCCCCCCCC(=O)OC(COC(=O)CCCCCCCCCCCCCCCCCCC/C=C\CCCCCCCCCC)COP(=O)([O-])OCC[N+](C)(C)C. The second-order valence-electron chi connectivity index (χ2n) is 21.0. The Bertz CT molecular complexity index is 1320. The monoisotopic (exact) mass is 1010 g/mol. The predicted molar refractivity (Wildman–Crippen MR) is 296 cm³/mol. The number of hydrogen-bond donors (Lipinski definition) is 0. The van der Waals surface area contributed by atoms with E-state index in [0.717, 1.165) is 64.2 Å². The maximum atomic E-state index is 12.8. The summed E-state index contributed by atoms with van der Waals surface area (Å²) in [7, 11) is 1.16. The van der Waals surface area contributed by atoms with Gasteiger partial charge in [-0.2, -0.15) is 0 Å². The number of likely N-dealkylation sites (N-methyl/N-ethyl adjacent to an activating group) is 1. The second-order valence-corrected chi connectivity index (χ2v) is 22.4. The van der Waals surface area contributed by atoms with Crippen LogP contribution >= 0.6 is 7.82 Å². The molecule has 410 valence electrons. The smallest absolute Gasteiger partial charge is 0.306 e. The molecule has 9 nitrogen and oxygen atoms in total. The summed E-state index contributed by atoms with van der Waals surface area (Å²) in [6, 6.07) is 0. The molecule has 2 atom stereocenters. The highest BCUT2D eigenvalue weighted by Crippen LogP contribution is 2.38. The van der Waals surface area contributed by atoms with Gasteiger partial charge in [0.25, 0.3) is 7.82 Å². The Labute approximate surface area is 433 Å². The number of hydrogen-bond acceptors (Lipinski definition) is 8. The van der Waals surface area contributed by atoms with Crippen LogP contribution in [-0.4, -0.2) is 70.0 Å². The third-order valence-corrected chi connectivity index (χ3v) is 13.8. The summed E-state index contributed by atoms with van der Waals surface area (Å²) in [4.78, 5) is 37.8. The Morgan fingerprint density at radius 3 is 1.23 bits per heavy atom. The van der Waals surface area contributed by atoms with E-state index in [9.17, 15) is 19.0 Å². The molecule has 0 saturated heterocycles. The first-order chi connectivity index (χ1) is 34.0. The van der Waals surface area contributed by atoms with E-state index in [-0.39, 0.29) is 32.0 Å². The van der Waals surface area contributed by atoms with E-state index in [1.165, 1.54) is 173 Å². The van der Waals surface area contributed by atoms with Crippen LogP contribution in [-0.2, 0) is 32.7 Å². The van der Waals surface area contributed by atoms with Gasteiger partial charge in [-0.05, 0) is 70.6 Å². The number of unbranched alkanes of at least 4 members (excludes halogenated alkanes) is 32. The number of allylic oxidation sites excluding steroid dienone is 8. The molecule has 0 aromatic rings. The molecule has 0 bridgehead atoms. The standard InChI is InChI=1S/C60H112NO8P/c1-6-8-10-12-14-16-18-20-22-24-25-26-27-28-29-30-31-32-33-34-35-37-38-40-42-44-46-48-50-52-59(62)66-56-58(57-68-70(64,65)67-55-54-61(3,4)5)69-60(63)53-51-49-47-45-43-41-39-36-23-21-19-17-15-13-11-9-7-2/h9,11,15,17,21,23-25,58H,6-8,10,12-14,16,18-20,22,26-57H2,1-5H3/b11-9-,17-15-,23-21-,25-24-. The first kappa shape index (κ1) is 68.0. The highest BCUT2D eigenvalue weighted by atomic mass is 31.2. The van der Waals surface area contributed by atoms with E-state index < -0.39 is 26.5 Å². The van der Waals surface area contributed by atoms with Gasteiger partial charge in [-0.1, -0.05) is 236 Å². The van der Waals surface area contributed by atoms with Crippen LogP contribution in [0.1, 0.15) is 271 Å². The lowest BCUT2D eigenvalue weighted by Crippen LogP contribution is -2.37. The van der Waals surface area contributed by atoms with Crippen LogP contribution in [0.25, 0.3) is 0 Å². The Kier molecular flexibility index (Phi) is 50.4. The first-order valence-corrected chi connectivity index (χ1v) is 30.8. The van der Waals surface area contributed by atoms with Gasteiger partial charge in [0, 0.05) is 12.8 Å². The minimum atomic E-state index is -4.64. The average Bonchev–Trinajstić information content (AvgIpc) is 3.32. The van der Waals surface area contributed by atoms with Crippen molar-refractivity contribution in [3.05, 3.63) is 48.6 Å². The molecule has 0 amide bonds. The molecule has 0 aliphatic carbocycles. The zero-order valence-electron chi connectivity index (χ0n) is 46.5. The molecule has 0 aliphatic rings. The van der Waals surface area contributed by atoms with Gasteiger partial charge in [-0.3, -0.25) is 14.2 Å². The molecular weight excluding hydrogens is 894 g/mol. The topological polar surface area (TPSA) is 111 Å². The maximum Gasteiger partial charge on any atom is 0.306 e. The van der Waals surface area contributed by atoms with Crippen LogP contribution in [0, 0.1) is 0 Å². The minimum Gasteiger partial charge on any atom is -0.756 e. The number of carbonyl (C=O) groups is 2. The largest absolute Gasteiger partial charge is 0.756 e. The van der Waals surface area contributed by atoms with Gasteiger partial charge < -0.3 is 27.9 Å². The molecular formula is C60H112NO8P. The third-order valence-electron chi connectivity index (χ3n) is 12.8. The number of phosphoric acid groups is 1. The summed E-state index contributed by atoms with van der Waals surface area (Å²) in [6.07, 6.45) is 64.5. The second kappa shape index (κ2) is 51.9. The van der Waals surface area contributed by atoms with Crippen molar-refractivity contribution < 1.29 is 42.1 Å². The number of nitrogens with zero attached hydrogens (tertiary/aromatic N) is 1. The van der Waals surface area contributed by atoms with Crippen LogP contribution in [0.4, 0.5) is 0 Å². The van der Waals surface area contributed by atoms with Gasteiger partial charge >= 0.3 is 11.9 Å². The summed E-state index contributed by atoms with van der Waals surface area (Å²) >= 11 is 0. The molecule has 0 saturated carbocycles. The number of esters is 2. The zero-order valence-corrected chi connectivity index (χ0v) is 47.4. The van der Waals surface area contributed by atoms with Crippen molar-refractivity contribution in [1.82, 2.24) is 0 Å². The zero-order chi connectivity index (χ0) is 51.3. The predicted octanol–water partition coefficient (Wildman–Crippen LogP) is 17.5. The quantitative estimate of drug-likeness (QED) is 0.0195. The molecule has 2 unspecified atom stereocenters. The minimum absolute atomic E-state index is 0.0330. The van der Waals surface area contributed by atoms with Crippen molar-refractivity contribution >= 4 is 19.8 Å². The van der Waals surface area contributed by atoms with Crippen molar-refractivity contribution in [1.29, 1.82) is 0 Å². The molecule has 0 fully saturated rings. The molecule has 10 heteroatoms. The van der Waals surface area contributed by atoms with Gasteiger partial charge in [0.2, 0.25) is 0 Å². The summed E-state index contributed by atoms with van der Waals surface area (Å²) in [6.45, 7) is 4.14. The van der Waals surface area contributed by atoms with Gasteiger partial charge in [0.05, 0.1) is 27.7 Å². The van der Waals surface area contributed by atoms with Crippen LogP contribution in [0.5, 0.6) is 0 Å². The van der Waals surface area contributed by atoms with Gasteiger partial charge in [-0.15, -0.1) is 0 Å². The highest BCUT2D eigenvalue weighted by molar-refractivity contribution is 7.45. The number of phosphoric ester groups is 1. The Morgan fingerprint density at radius 1 is 0.457 bits per heavy atom. The van der Waals surface area contributed by atoms with Crippen LogP contribution in [0.3, 0.4) is 0 Å². The van der Waals surface area contributed by atoms with Crippen LogP contribution < -0.4 is 4.89 Å². The third kappa shape index (κ3) is 55.3. The lowest BCUT2D eigenvalue weighted by molar-refractivity contribution is -0.870. The number of ether oxygens (including phenoxy) is 2. The fraction of sp³-hybridized carbons (Fsp3) is 0.833. The Morgan fingerprint density at radius 2 is 0.814 bits per heavy atom. The van der Waals surface area contributed by atoms with Gasteiger partial charge in [0.1, 0.15) is 19.8 Å². The summed E-state index contributed by atoms with van der Waals surface area (Å²) in [5.41, 5.74) is 0. The highest BCUT2D eigenvalue weighted by Gasteiger charge is 2.22. The van der Waals surface area contributed by atoms with Crippen molar-refractivity contribution in [2.24, 2.45) is 0 Å². The normalized spacial score (nSPS) is 13.6. The van der Waals surface area contributed by atoms with E-state index in [1.807, 2.05) is 21.1 Å². The molecule has 0 aromatic carbocycles. The van der Waals surface area contributed by atoms with E-state index in [4.69, 9.17) is 18.5 Å². The molecule has 0 N–H and O–H groups in total. The van der Waals surface area contributed by atoms with E-state index >= 15 is 0 Å². The molecule has 0 spiro atoms. The number of carbonyl (C=O) groups excluding carboxylic acids is 2. The van der Waals surface area contributed by atoms with Gasteiger partial charge in [-0.25, -0.2) is 0 Å². The number of quaternary nitrogens is 1. The first-order valence-electron chi connectivity index (χ1n) is 29.3. The van der Waals surface area contributed by atoms with E-state index in [2.05, 4.69) is 62.5 Å². The molecule has 0 rings (SSSR count). The lowest BCUT2D eigenvalue weighted by atomic mass is 10.0. The van der Waals surface area contributed by atoms with Crippen molar-refractivity contribution in [3.63, 3.8) is 0 Å². The fourth-order valence-corrected chi connectivity index (χ4v) is 9.04. The van der Waals surface area contributed by atoms with Crippen LogP contribution in [0.2, 0.25) is 0 Å². The molecule has 0 radical (unpaired) electrons. The van der Waals surface area contributed by atoms with Crippen molar-refractivity contribution in [2.75, 3.05) is 47.5 Å². The van der Waals surface area contributed by atoms with Gasteiger partial charge in [0.15, 0.2) is 6.10 Å². The fourth-order valence-electron chi connectivity index (χ4n) is 8.31. The molecule has 70 heavy (non-hydrogen) atoms. The van der Waals surface area contributed by atoms with E-state index in [1.54, 1.807) is 0 Å². The maximum absolute atomic E-state index is 12.8. The Balaban J connectivity index is 4.07. The lowest BCUT2D eigenvalue weighted by Gasteiger charge is -2.28. The van der Waals surface area contributed by atoms with Crippen molar-refractivity contribution in [3.8, 4) is 0 Å². The molecule has 0 aromatic heterocycles. The molecule has 0 heterocycles. The number of rotatable bonds is 54. The van der Waals surface area contributed by atoms with Crippen molar-refractivity contribution in [2.45, 2.75) is 277 Å². The summed E-state index contributed by atoms with van der Waals surface area (Å²) in [5.74, 6) is -0.836.